The van der Waals surface area contributed by atoms with Gasteiger partial charge in [0.15, 0.2) is 5.76 Å². The number of carbonyl (C=O) groups excluding carboxylic acids is 2. The van der Waals surface area contributed by atoms with Gasteiger partial charge in [0, 0.05) is 33.8 Å². The monoisotopic (exact) mass is 415 g/mol. The predicted molar refractivity (Wildman–Crippen MR) is 118 cm³/mol. The third kappa shape index (κ3) is 4.00. The summed E-state index contributed by atoms with van der Waals surface area (Å²) in [6.45, 7) is 1.84. The molecule has 4 aromatic rings. The quantitative estimate of drug-likeness (QED) is 0.436. The van der Waals surface area contributed by atoms with E-state index in [-0.39, 0.29) is 17.5 Å². The van der Waals surface area contributed by atoms with Crippen LogP contribution in [0.3, 0.4) is 0 Å². The first-order chi connectivity index (χ1) is 15.0. The highest BCUT2D eigenvalue weighted by Crippen LogP contribution is 2.30. The molecule has 0 atom stereocenters. The van der Waals surface area contributed by atoms with Crippen molar-refractivity contribution in [3.05, 3.63) is 89.2 Å². The van der Waals surface area contributed by atoms with E-state index in [0.717, 1.165) is 10.9 Å². The molecular formula is C25H21NO5. The SMILES string of the molecule is COc1ccc(C(=O)c2oc3cc(NC(=O)c4cccc(OC)c4)ccc3c2C)cc1. The average molecular weight is 415 g/mol. The summed E-state index contributed by atoms with van der Waals surface area (Å²) < 4.78 is 16.2. The summed E-state index contributed by atoms with van der Waals surface area (Å²) in [4.78, 5) is 25.5. The van der Waals surface area contributed by atoms with Crippen LogP contribution in [-0.4, -0.2) is 25.9 Å². The van der Waals surface area contributed by atoms with Crippen LogP contribution in [0.15, 0.2) is 71.1 Å². The second kappa shape index (κ2) is 8.36. The number of benzene rings is 3. The molecule has 6 heteroatoms. The van der Waals surface area contributed by atoms with Crippen LogP contribution in [0.25, 0.3) is 11.0 Å². The van der Waals surface area contributed by atoms with Crippen molar-refractivity contribution in [1.29, 1.82) is 0 Å². The second-order valence-corrected chi connectivity index (χ2v) is 7.01. The van der Waals surface area contributed by atoms with Crippen LogP contribution in [-0.2, 0) is 0 Å². The number of rotatable bonds is 6. The summed E-state index contributed by atoms with van der Waals surface area (Å²) in [6, 6.07) is 19.1. The van der Waals surface area contributed by atoms with Gasteiger partial charge in [0.1, 0.15) is 17.1 Å². The maximum Gasteiger partial charge on any atom is 0.255 e. The number of amides is 1. The maximum atomic E-state index is 12.9. The molecule has 0 saturated carbocycles. The molecule has 3 aromatic carbocycles. The van der Waals surface area contributed by atoms with Crippen LogP contribution in [0.1, 0.15) is 32.0 Å². The minimum Gasteiger partial charge on any atom is -0.497 e. The predicted octanol–water partition coefficient (Wildman–Crippen LogP) is 5.24. The molecule has 31 heavy (non-hydrogen) atoms. The third-order valence-corrected chi connectivity index (χ3v) is 5.09. The summed E-state index contributed by atoms with van der Waals surface area (Å²) in [6.07, 6.45) is 0. The molecule has 1 N–H and O–H groups in total. The van der Waals surface area contributed by atoms with Gasteiger partial charge in [-0.05, 0) is 61.5 Å². The summed E-state index contributed by atoms with van der Waals surface area (Å²) in [7, 11) is 3.12. The van der Waals surface area contributed by atoms with Gasteiger partial charge in [-0.1, -0.05) is 6.07 Å². The van der Waals surface area contributed by atoms with Crippen molar-refractivity contribution in [2.75, 3.05) is 19.5 Å². The van der Waals surface area contributed by atoms with Gasteiger partial charge < -0.3 is 19.2 Å². The zero-order valence-electron chi connectivity index (χ0n) is 17.4. The summed E-state index contributed by atoms with van der Waals surface area (Å²) in [5, 5.41) is 3.67. The molecule has 1 aromatic heterocycles. The van der Waals surface area contributed by atoms with Crippen LogP contribution in [0.2, 0.25) is 0 Å². The Morgan fingerprint density at radius 2 is 1.58 bits per heavy atom. The van der Waals surface area contributed by atoms with E-state index in [1.165, 1.54) is 0 Å². The Hall–Kier alpha value is -4.06. The minimum atomic E-state index is -0.268. The topological polar surface area (TPSA) is 77.8 Å². The van der Waals surface area contributed by atoms with Crippen molar-refractivity contribution in [3.63, 3.8) is 0 Å². The van der Waals surface area contributed by atoms with Gasteiger partial charge in [-0.25, -0.2) is 0 Å². The molecule has 1 amide bonds. The number of furan rings is 1. The fourth-order valence-electron chi connectivity index (χ4n) is 3.36. The molecule has 0 bridgehead atoms. The number of fused-ring (bicyclic) bond motifs is 1. The van der Waals surface area contributed by atoms with Gasteiger partial charge >= 0.3 is 0 Å². The Morgan fingerprint density at radius 3 is 2.29 bits per heavy atom. The lowest BCUT2D eigenvalue weighted by Crippen LogP contribution is -2.11. The smallest absolute Gasteiger partial charge is 0.255 e. The Balaban J connectivity index is 1.61. The number of carbonyl (C=O) groups is 2. The molecular weight excluding hydrogens is 394 g/mol. The van der Waals surface area contributed by atoms with E-state index in [1.54, 1.807) is 74.9 Å². The lowest BCUT2D eigenvalue weighted by atomic mass is 10.0. The molecule has 0 spiro atoms. The maximum absolute atomic E-state index is 12.9. The highest BCUT2D eigenvalue weighted by molar-refractivity contribution is 6.11. The molecule has 0 aliphatic carbocycles. The van der Waals surface area contributed by atoms with Crippen molar-refractivity contribution in [3.8, 4) is 11.5 Å². The Bertz CT molecular complexity index is 1270. The molecule has 156 valence electrons. The van der Waals surface area contributed by atoms with Crippen LogP contribution in [0.4, 0.5) is 5.69 Å². The van der Waals surface area contributed by atoms with Crippen molar-refractivity contribution >= 4 is 28.3 Å². The summed E-state index contributed by atoms with van der Waals surface area (Å²) in [5.74, 6) is 1.08. The van der Waals surface area contributed by atoms with E-state index in [0.29, 0.717) is 33.9 Å². The van der Waals surface area contributed by atoms with Crippen molar-refractivity contribution in [2.45, 2.75) is 6.92 Å². The number of ether oxygens (including phenoxy) is 2. The van der Waals surface area contributed by atoms with Crippen LogP contribution in [0, 0.1) is 6.92 Å². The number of hydrogen-bond acceptors (Lipinski definition) is 5. The standard InChI is InChI=1S/C25H21NO5/c1-15-21-12-9-18(26-25(28)17-5-4-6-20(13-17)30-3)14-22(21)31-24(15)23(27)16-7-10-19(29-2)11-8-16/h4-14H,1-3H3,(H,26,28). The van der Waals surface area contributed by atoms with E-state index < -0.39 is 0 Å². The van der Waals surface area contributed by atoms with Crippen LogP contribution < -0.4 is 14.8 Å². The van der Waals surface area contributed by atoms with Gasteiger partial charge in [0.05, 0.1) is 14.2 Å². The summed E-state index contributed by atoms with van der Waals surface area (Å²) in [5.41, 5.74) is 2.83. The highest BCUT2D eigenvalue weighted by atomic mass is 16.5. The number of hydrogen-bond donors (Lipinski definition) is 1. The molecule has 4 rings (SSSR count). The zero-order valence-corrected chi connectivity index (χ0v) is 17.4. The number of aryl methyl sites for hydroxylation is 1. The normalized spacial score (nSPS) is 10.7. The Labute approximate surface area is 179 Å². The highest BCUT2D eigenvalue weighted by Gasteiger charge is 2.20. The summed E-state index contributed by atoms with van der Waals surface area (Å²) >= 11 is 0. The Kier molecular flexibility index (Phi) is 5.45. The number of methoxy groups -OCH3 is 2. The van der Waals surface area contributed by atoms with Crippen LogP contribution >= 0.6 is 0 Å². The molecule has 0 saturated heterocycles. The zero-order chi connectivity index (χ0) is 22.0. The van der Waals surface area contributed by atoms with Crippen molar-refractivity contribution < 1.29 is 23.5 Å². The number of nitrogens with one attached hydrogen (secondary N) is 1. The van der Waals surface area contributed by atoms with E-state index >= 15 is 0 Å². The number of anilines is 1. The van der Waals surface area contributed by atoms with Gasteiger partial charge in [-0.2, -0.15) is 0 Å². The van der Waals surface area contributed by atoms with Crippen LogP contribution in [0.5, 0.6) is 11.5 Å². The Morgan fingerprint density at radius 1 is 0.839 bits per heavy atom. The van der Waals surface area contributed by atoms with E-state index in [9.17, 15) is 9.59 Å². The molecule has 1 heterocycles. The van der Waals surface area contributed by atoms with Crippen molar-refractivity contribution in [2.24, 2.45) is 0 Å². The van der Waals surface area contributed by atoms with Gasteiger partial charge in [0.25, 0.3) is 5.91 Å². The molecule has 0 fully saturated rings. The fourth-order valence-corrected chi connectivity index (χ4v) is 3.36. The number of ketones is 1. The first kappa shape index (κ1) is 20.2. The van der Waals surface area contributed by atoms with E-state index in [4.69, 9.17) is 13.9 Å². The molecule has 6 nitrogen and oxygen atoms in total. The second-order valence-electron chi connectivity index (χ2n) is 7.01. The lowest BCUT2D eigenvalue weighted by molar-refractivity contribution is 0.101. The molecule has 0 radical (unpaired) electrons. The molecule has 0 aliphatic heterocycles. The third-order valence-electron chi connectivity index (χ3n) is 5.09. The van der Waals surface area contributed by atoms with Gasteiger partial charge in [-0.3, -0.25) is 9.59 Å². The largest absolute Gasteiger partial charge is 0.497 e. The molecule has 0 aliphatic rings. The van der Waals surface area contributed by atoms with Gasteiger partial charge in [-0.15, -0.1) is 0 Å². The minimum absolute atomic E-state index is 0.210. The molecule has 0 unspecified atom stereocenters. The van der Waals surface area contributed by atoms with Crippen molar-refractivity contribution in [1.82, 2.24) is 0 Å². The first-order valence-electron chi connectivity index (χ1n) is 9.67. The van der Waals surface area contributed by atoms with Gasteiger partial charge in [0.2, 0.25) is 5.78 Å². The van der Waals surface area contributed by atoms with E-state index in [2.05, 4.69) is 5.32 Å². The lowest BCUT2D eigenvalue weighted by Gasteiger charge is -2.06. The average Bonchev–Trinajstić information content (AvgIpc) is 3.14. The first-order valence-corrected chi connectivity index (χ1v) is 9.67. The van der Waals surface area contributed by atoms with E-state index in [1.807, 2.05) is 13.0 Å². The fraction of sp³-hybridized carbons (Fsp3) is 0.120.